The van der Waals surface area contributed by atoms with E-state index in [0.717, 1.165) is 16.7 Å². The molecule has 4 atom stereocenters. The van der Waals surface area contributed by atoms with E-state index in [1.807, 2.05) is 48.0 Å². The molecule has 3 heterocycles. The zero-order valence-electron chi connectivity index (χ0n) is 24.6. The van der Waals surface area contributed by atoms with Crippen LogP contribution in [-0.4, -0.2) is 104 Å². The van der Waals surface area contributed by atoms with Crippen LogP contribution in [0.1, 0.15) is 17.5 Å². The number of hydrogen-bond acceptors (Lipinski definition) is 8. The molecule has 3 aliphatic heterocycles. The summed E-state index contributed by atoms with van der Waals surface area (Å²) in [4.78, 5) is 61.7. The first-order valence-electron chi connectivity index (χ1n) is 14.8. The van der Waals surface area contributed by atoms with Crippen LogP contribution in [0.2, 0.25) is 0 Å². The van der Waals surface area contributed by atoms with E-state index in [1.54, 1.807) is 45.9 Å². The molecule has 4 N–H and O–H groups in total. The van der Waals surface area contributed by atoms with Gasteiger partial charge in [0.05, 0.1) is 29.9 Å². The largest absolute Gasteiger partial charge is 0.508 e. The lowest BCUT2D eigenvalue weighted by atomic mass is 9.95. The third kappa shape index (κ3) is 6.59. The second kappa shape index (κ2) is 13.2. The van der Waals surface area contributed by atoms with E-state index in [9.17, 15) is 24.3 Å². The van der Waals surface area contributed by atoms with Crippen LogP contribution in [0.5, 0.6) is 5.75 Å². The highest BCUT2D eigenvalue weighted by atomic mass is 32.2. The van der Waals surface area contributed by atoms with Crippen LogP contribution in [-0.2, 0) is 27.3 Å². The van der Waals surface area contributed by atoms with E-state index in [4.69, 9.17) is 5.73 Å². The van der Waals surface area contributed by atoms with Gasteiger partial charge in [0, 0.05) is 32.5 Å². The van der Waals surface area contributed by atoms with Gasteiger partial charge in [-0.2, -0.15) is 0 Å². The Morgan fingerprint density at radius 3 is 2.60 bits per heavy atom. The number of nitrogens with two attached hydrogens (primary N) is 1. The lowest BCUT2D eigenvalue weighted by Gasteiger charge is -2.55. The first kappa shape index (κ1) is 30.4. The lowest BCUT2D eigenvalue weighted by Crippen LogP contribution is -2.77. The number of nitrogens with zero attached hydrogens (tertiary/aromatic N) is 5. The van der Waals surface area contributed by atoms with Crippen LogP contribution in [0, 0.1) is 0 Å². The van der Waals surface area contributed by atoms with E-state index in [-0.39, 0.29) is 74.4 Å². The number of phenolic OH excluding ortho intramolecular Hbond substituents is 1. The Hall–Kier alpha value is -4.62. The van der Waals surface area contributed by atoms with Crippen molar-refractivity contribution in [3.63, 3.8) is 0 Å². The fourth-order valence-electron chi connectivity index (χ4n) is 6.22. The first-order valence-corrected chi connectivity index (χ1v) is 15.8. The van der Waals surface area contributed by atoms with Gasteiger partial charge < -0.3 is 26.0 Å². The minimum absolute atomic E-state index is 0.0555. The summed E-state index contributed by atoms with van der Waals surface area (Å²) in [6.45, 7) is 0.462. The number of thioether (sulfide) groups is 1. The van der Waals surface area contributed by atoms with Gasteiger partial charge in [-0.15, -0.1) is 11.8 Å². The number of amides is 5. The molecule has 12 nitrogen and oxygen atoms in total. The number of benzene rings is 2. The van der Waals surface area contributed by atoms with Crippen molar-refractivity contribution in [1.82, 2.24) is 25.1 Å². The predicted molar refractivity (Wildman–Crippen MR) is 170 cm³/mol. The van der Waals surface area contributed by atoms with Crippen molar-refractivity contribution in [3.05, 3.63) is 89.5 Å². The Balaban J connectivity index is 1.34. The van der Waals surface area contributed by atoms with Gasteiger partial charge in [0.2, 0.25) is 17.7 Å². The van der Waals surface area contributed by atoms with E-state index < -0.39 is 24.1 Å². The molecule has 2 saturated heterocycles. The molecule has 0 bridgehead atoms. The summed E-state index contributed by atoms with van der Waals surface area (Å²) in [6, 6.07) is 14.5. The molecule has 5 amide bonds. The lowest BCUT2D eigenvalue weighted by molar-refractivity contribution is -0.190. The third-order valence-electron chi connectivity index (χ3n) is 8.42. The molecular weight excluding hydrogens is 594 g/mol. The maximum absolute atomic E-state index is 14.2. The summed E-state index contributed by atoms with van der Waals surface area (Å²) in [7, 11) is 0. The predicted octanol–water partition coefficient (Wildman–Crippen LogP) is 1.63. The Morgan fingerprint density at radius 2 is 1.84 bits per heavy atom. The van der Waals surface area contributed by atoms with E-state index in [1.165, 1.54) is 9.91 Å². The van der Waals surface area contributed by atoms with E-state index in [2.05, 4.69) is 16.4 Å². The van der Waals surface area contributed by atoms with Crippen LogP contribution in [0.3, 0.4) is 0 Å². The number of fused-ring (bicyclic) bond motifs is 2. The Kier molecular flexibility index (Phi) is 8.90. The van der Waals surface area contributed by atoms with Gasteiger partial charge in [-0.25, -0.2) is 14.8 Å². The minimum atomic E-state index is -0.902. The zero-order chi connectivity index (χ0) is 31.5. The summed E-state index contributed by atoms with van der Waals surface area (Å²) in [5.74, 6) is -1.02. The number of phenols is 1. The van der Waals surface area contributed by atoms with Crippen LogP contribution in [0.4, 0.5) is 4.79 Å². The van der Waals surface area contributed by atoms with E-state index >= 15 is 0 Å². The highest BCUT2D eigenvalue weighted by Crippen LogP contribution is 2.34. The summed E-state index contributed by atoms with van der Waals surface area (Å²) in [5.41, 5.74) is 9.92. The van der Waals surface area contributed by atoms with Gasteiger partial charge in [-0.3, -0.25) is 19.4 Å². The molecular formula is C32H35N7O5S. The number of hydrogen-bond donors (Lipinski definition) is 3. The molecule has 0 aromatic heterocycles. The number of piperazine rings is 1. The number of aliphatic imine (C=N–C) groups is 1. The monoisotopic (exact) mass is 629 g/mol. The van der Waals surface area contributed by atoms with Crippen molar-refractivity contribution >= 4 is 41.1 Å². The summed E-state index contributed by atoms with van der Waals surface area (Å²) in [6.07, 6.45) is 5.35. The highest BCUT2D eigenvalue weighted by Gasteiger charge is 2.51. The van der Waals surface area contributed by atoms with Gasteiger partial charge in [0.15, 0.2) is 0 Å². The fourth-order valence-corrected chi connectivity index (χ4v) is 7.14. The van der Waals surface area contributed by atoms with Crippen LogP contribution in [0.15, 0.2) is 83.4 Å². The Labute approximate surface area is 265 Å². The number of carbonyl (C=O) groups excluding carboxylic acids is 4. The molecule has 0 spiro atoms. The van der Waals surface area contributed by atoms with Gasteiger partial charge in [-0.1, -0.05) is 60.7 Å². The topological polar surface area (TPSA) is 152 Å². The summed E-state index contributed by atoms with van der Waals surface area (Å²) in [5, 5.41) is 16.0. The Bertz CT molecular complexity index is 1550. The van der Waals surface area contributed by atoms with Crippen molar-refractivity contribution in [2.24, 2.45) is 10.7 Å². The number of primary amides is 1. The minimum Gasteiger partial charge on any atom is -0.508 e. The average molecular weight is 630 g/mol. The first-order chi connectivity index (χ1) is 21.8. The van der Waals surface area contributed by atoms with Gasteiger partial charge in [0.1, 0.15) is 18.0 Å². The molecule has 1 aliphatic carbocycles. The smallest absolute Gasteiger partial charge is 0.334 e. The standard InChI is InChI=1S/C32H35N7O5S/c33-27(41)13-14-37-19-29(42)38-25(15-21-9-11-24(40)12-10-21)31(43)36(17-23-7-4-8-26-30(23)35-20-45-26)18-28(38)39(37)32(44)34-16-22-5-2-1-3-6-22/h1-12,20,25-26,28,30,40H,13-19H2,(H2,33,41)(H,34,44). The molecule has 13 heteroatoms. The van der Waals surface area contributed by atoms with Gasteiger partial charge in [0.25, 0.3) is 0 Å². The van der Waals surface area contributed by atoms with Gasteiger partial charge >= 0.3 is 6.03 Å². The second-order valence-corrected chi connectivity index (χ2v) is 12.4. The van der Waals surface area contributed by atoms with Crippen molar-refractivity contribution in [2.45, 2.75) is 42.9 Å². The number of rotatable bonds is 9. The number of allylic oxidation sites excluding steroid dienone is 2. The maximum atomic E-state index is 14.2. The number of carbonyl (C=O) groups is 4. The van der Waals surface area contributed by atoms with Crippen molar-refractivity contribution in [3.8, 4) is 5.75 Å². The van der Waals surface area contributed by atoms with Crippen LogP contribution < -0.4 is 11.1 Å². The van der Waals surface area contributed by atoms with Gasteiger partial charge in [-0.05, 0) is 28.8 Å². The number of hydrazine groups is 1. The molecule has 4 aliphatic rings. The summed E-state index contributed by atoms with van der Waals surface area (Å²) < 4.78 is 0. The summed E-state index contributed by atoms with van der Waals surface area (Å²) >= 11 is 1.63. The molecule has 0 radical (unpaired) electrons. The number of urea groups is 1. The Morgan fingerprint density at radius 1 is 1.07 bits per heavy atom. The molecule has 2 fully saturated rings. The van der Waals surface area contributed by atoms with Crippen molar-refractivity contribution in [1.29, 1.82) is 0 Å². The maximum Gasteiger partial charge on any atom is 0.334 e. The van der Waals surface area contributed by atoms with Crippen molar-refractivity contribution < 1.29 is 24.3 Å². The molecule has 45 heavy (non-hydrogen) atoms. The molecule has 4 unspecified atom stereocenters. The zero-order valence-corrected chi connectivity index (χ0v) is 25.4. The molecule has 0 saturated carbocycles. The number of aromatic hydroxyl groups is 1. The SMILES string of the molecule is NC(=O)CCN1CC(=O)N2C(Cc3ccc(O)cc3)C(=O)N(CC3=CC=CC4SC=NC34)CC2N1C(=O)NCc1ccccc1. The van der Waals surface area contributed by atoms with E-state index in [0.29, 0.717) is 0 Å². The van der Waals surface area contributed by atoms with Crippen LogP contribution in [0.25, 0.3) is 0 Å². The number of nitrogens with one attached hydrogen (secondary N) is 1. The highest BCUT2D eigenvalue weighted by molar-refractivity contribution is 8.13. The van der Waals surface area contributed by atoms with Crippen LogP contribution >= 0.6 is 11.8 Å². The van der Waals surface area contributed by atoms with Crippen molar-refractivity contribution in [2.75, 3.05) is 26.2 Å². The third-order valence-corrected chi connectivity index (χ3v) is 9.39. The second-order valence-electron chi connectivity index (χ2n) is 11.4. The fraction of sp³-hybridized carbons (Fsp3) is 0.344. The molecule has 6 rings (SSSR count). The average Bonchev–Trinajstić information content (AvgIpc) is 3.52. The molecule has 234 valence electrons. The normalized spacial score (nSPS) is 24.4. The quantitative estimate of drug-likeness (QED) is 0.381. The molecule has 2 aromatic carbocycles. The molecule has 2 aromatic rings.